The van der Waals surface area contributed by atoms with Crippen molar-refractivity contribution in [2.75, 3.05) is 6.61 Å². The molecule has 1 atom stereocenters. The highest BCUT2D eigenvalue weighted by Gasteiger charge is 2.05. The summed E-state index contributed by atoms with van der Waals surface area (Å²) in [6.07, 6.45) is 2.46. The Morgan fingerprint density at radius 2 is 2.41 bits per heavy atom. The number of hydrogen-bond donors (Lipinski definition) is 4. The van der Waals surface area contributed by atoms with Crippen LogP contribution in [0.15, 0.2) is 23.5 Å². The maximum atomic E-state index is 9.04. The van der Waals surface area contributed by atoms with Gasteiger partial charge >= 0.3 is 0 Å². The zero-order chi connectivity index (χ0) is 12.7. The van der Waals surface area contributed by atoms with Gasteiger partial charge in [0.25, 0.3) is 0 Å². The molecule has 17 heavy (non-hydrogen) atoms. The average molecular weight is 238 g/mol. The Balaban J connectivity index is 2.66. The first-order valence-electron chi connectivity index (χ1n) is 5.48. The summed E-state index contributed by atoms with van der Waals surface area (Å²) in [4.78, 5) is 3.98. The fraction of sp³-hybridized carbons (Fsp3) is 0.455. The summed E-state index contributed by atoms with van der Waals surface area (Å²) in [5.41, 5.74) is 6.85. The Kier molecular flexibility index (Phi) is 5.38. The van der Waals surface area contributed by atoms with Crippen LogP contribution < -0.4 is 11.1 Å². The standard InChI is InChI=1S/C11H18N4O2/c1-2-9(7-16)14-6-8-3-4-13-10(5-8)11(12)15-17/h3-5,9,14,16-17H,2,6-7H2,1H3,(H2,12,15). The van der Waals surface area contributed by atoms with Crippen molar-refractivity contribution in [2.45, 2.75) is 25.9 Å². The molecule has 5 N–H and O–H groups in total. The summed E-state index contributed by atoms with van der Waals surface area (Å²) in [7, 11) is 0. The first kappa shape index (κ1) is 13.4. The van der Waals surface area contributed by atoms with Crippen molar-refractivity contribution >= 4 is 5.84 Å². The summed E-state index contributed by atoms with van der Waals surface area (Å²) in [6.45, 7) is 2.71. The van der Waals surface area contributed by atoms with Gasteiger partial charge < -0.3 is 21.4 Å². The molecule has 1 unspecified atom stereocenters. The largest absolute Gasteiger partial charge is 0.409 e. The minimum Gasteiger partial charge on any atom is -0.409 e. The van der Waals surface area contributed by atoms with Crippen LogP contribution in [0.1, 0.15) is 24.6 Å². The van der Waals surface area contributed by atoms with E-state index in [0.717, 1.165) is 12.0 Å². The summed E-state index contributed by atoms with van der Waals surface area (Å²) in [5.74, 6) is -0.0129. The summed E-state index contributed by atoms with van der Waals surface area (Å²) < 4.78 is 0. The van der Waals surface area contributed by atoms with Gasteiger partial charge in [0.05, 0.1) is 6.61 Å². The van der Waals surface area contributed by atoms with Gasteiger partial charge in [0.2, 0.25) is 0 Å². The minimum atomic E-state index is -0.0129. The molecular formula is C11H18N4O2. The lowest BCUT2D eigenvalue weighted by molar-refractivity contribution is 0.238. The Hall–Kier alpha value is -1.66. The van der Waals surface area contributed by atoms with E-state index in [2.05, 4.69) is 15.5 Å². The van der Waals surface area contributed by atoms with E-state index < -0.39 is 0 Å². The van der Waals surface area contributed by atoms with Crippen LogP contribution in [0, 0.1) is 0 Å². The van der Waals surface area contributed by atoms with Gasteiger partial charge in [-0.1, -0.05) is 12.1 Å². The second kappa shape index (κ2) is 6.82. The number of oxime groups is 1. The molecule has 1 rings (SSSR count). The molecule has 1 heterocycles. The number of rotatable bonds is 6. The zero-order valence-electron chi connectivity index (χ0n) is 9.80. The van der Waals surface area contributed by atoms with Crippen LogP contribution in [0.5, 0.6) is 0 Å². The third kappa shape index (κ3) is 4.01. The van der Waals surface area contributed by atoms with Gasteiger partial charge in [0.1, 0.15) is 5.69 Å². The lowest BCUT2D eigenvalue weighted by Crippen LogP contribution is -2.31. The Morgan fingerprint density at radius 3 is 3.00 bits per heavy atom. The predicted molar refractivity (Wildman–Crippen MR) is 64.8 cm³/mol. The second-order valence-corrected chi connectivity index (χ2v) is 3.70. The van der Waals surface area contributed by atoms with Crippen LogP contribution >= 0.6 is 0 Å². The van der Waals surface area contributed by atoms with Crippen molar-refractivity contribution in [3.8, 4) is 0 Å². The number of pyridine rings is 1. The molecule has 1 aromatic heterocycles. The lowest BCUT2D eigenvalue weighted by atomic mass is 10.2. The maximum Gasteiger partial charge on any atom is 0.188 e. The molecule has 1 aromatic rings. The van der Waals surface area contributed by atoms with Gasteiger partial charge in [-0.3, -0.25) is 4.98 Å². The molecule has 0 saturated heterocycles. The van der Waals surface area contributed by atoms with E-state index in [4.69, 9.17) is 16.0 Å². The summed E-state index contributed by atoms with van der Waals surface area (Å²) >= 11 is 0. The Labute approximate surface area is 100 Å². The van der Waals surface area contributed by atoms with Gasteiger partial charge in [-0.15, -0.1) is 0 Å². The number of aliphatic hydroxyl groups is 1. The second-order valence-electron chi connectivity index (χ2n) is 3.70. The number of aromatic nitrogens is 1. The number of amidine groups is 1. The monoisotopic (exact) mass is 238 g/mol. The summed E-state index contributed by atoms with van der Waals surface area (Å²) in [5, 5.41) is 23.7. The van der Waals surface area contributed by atoms with Gasteiger partial charge in [-0.25, -0.2) is 0 Å². The highest BCUT2D eigenvalue weighted by atomic mass is 16.4. The topological polar surface area (TPSA) is 104 Å². The molecule has 0 aliphatic heterocycles. The maximum absolute atomic E-state index is 9.04. The number of nitrogens with zero attached hydrogens (tertiary/aromatic N) is 2. The zero-order valence-corrected chi connectivity index (χ0v) is 9.80. The fourth-order valence-corrected chi connectivity index (χ4v) is 1.38. The Bertz CT molecular complexity index is 377. The van der Waals surface area contributed by atoms with Crippen molar-refractivity contribution in [2.24, 2.45) is 10.9 Å². The van der Waals surface area contributed by atoms with Crippen molar-refractivity contribution in [1.82, 2.24) is 10.3 Å². The molecule has 0 aromatic carbocycles. The first-order valence-corrected chi connectivity index (χ1v) is 5.48. The van der Waals surface area contributed by atoms with Gasteiger partial charge in [-0.2, -0.15) is 0 Å². The summed E-state index contributed by atoms with van der Waals surface area (Å²) in [6, 6.07) is 3.66. The number of hydrogen-bond acceptors (Lipinski definition) is 5. The first-order chi connectivity index (χ1) is 8.21. The predicted octanol–water partition coefficient (Wildman–Crippen LogP) is 0.0366. The molecule has 0 saturated carbocycles. The van der Waals surface area contributed by atoms with Crippen molar-refractivity contribution in [1.29, 1.82) is 0 Å². The van der Waals surface area contributed by atoms with E-state index in [1.165, 1.54) is 0 Å². The highest BCUT2D eigenvalue weighted by molar-refractivity contribution is 5.95. The van der Waals surface area contributed by atoms with Crippen LogP contribution in [0.2, 0.25) is 0 Å². The molecule has 0 aliphatic rings. The van der Waals surface area contributed by atoms with E-state index in [1.54, 1.807) is 12.3 Å². The van der Waals surface area contributed by atoms with E-state index in [0.29, 0.717) is 12.2 Å². The van der Waals surface area contributed by atoms with E-state index >= 15 is 0 Å². The van der Waals surface area contributed by atoms with E-state index in [1.807, 2.05) is 13.0 Å². The van der Waals surface area contributed by atoms with Crippen LogP contribution in [-0.4, -0.2) is 33.8 Å². The SMILES string of the molecule is CCC(CO)NCc1ccnc(C(N)=NO)c1. The van der Waals surface area contributed by atoms with Crippen molar-refractivity contribution in [3.63, 3.8) is 0 Å². The smallest absolute Gasteiger partial charge is 0.188 e. The molecule has 6 heteroatoms. The molecule has 6 nitrogen and oxygen atoms in total. The third-order valence-electron chi connectivity index (χ3n) is 2.50. The lowest BCUT2D eigenvalue weighted by Gasteiger charge is -2.13. The van der Waals surface area contributed by atoms with Crippen LogP contribution in [0.4, 0.5) is 0 Å². The highest BCUT2D eigenvalue weighted by Crippen LogP contribution is 2.02. The molecule has 0 spiro atoms. The van der Waals surface area contributed by atoms with Gasteiger partial charge in [-0.05, 0) is 24.1 Å². The molecule has 94 valence electrons. The van der Waals surface area contributed by atoms with Crippen molar-refractivity contribution < 1.29 is 10.3 Å². The molecule has 0 fully saturated rings. The molecular weight excluding hydrogens is 220 g/mol. The molecule has 0 amide bonds. The minimum absolute atomic E-state index is 0.0129. The number of nitrogens with one attached hydrogen (secondary N) is 1. The van der Waals surface area contributed by atoms with Crippen LogP contribution in [-0.2, 0) is 6.54 Å². The van der Waals surface area contributed by atoms with Crippen LogP contribution in [0.3, 0.4) is 0 Å². The van der Waals surface area contributed by atoms with Gasteiger partial charge in [0.15, 0.2) is 5.84 Å². The normalized spacial score (nSPS) is 13.6. The fourth-order valence-electron chi connectivity index (χ4n) is 1.38. The molecule has 0 bridgehead atoms. The Morgan fingerprint density at radius 1 is 1.65 bits per heavy atom. The van der Waals surface area contributed by atoms with E-state index in [-0.39, 0.29) is 18.5 Å². The molecule has 0 aliphatic carbocycles. The van der Waals surface area contributed by atoms with Crippen LogP contribution in [0.25, 0.3) is 0 Å². The average Bonchev–Trinajstić information content (AvgIpc) is 2.39. The number of aliphatic hydroxyl groups excluding tert-OH is 1. The van der Waals surface area contributed by atoms with E-state index in [9.17, 15) is 0 Å². The van der Waals surface area contributed by atoms with Gasteiger partial charge in [0, 0.05) is 18.8 Å². The third-order valence-corrected chi connectivity index (χ3v) is 2.50. The molecule has 0 radical (unpaired) electrons. The quantitative estimate of drug-likeness (QED) is 0.242. The van der Waals surface area contributed by atoms with Crippen molar-refractivity contribution in [3.05, 3.63) is 29.6 Å². The number of nitrogens with two attached hydrogens (primary N) is 1.